The molecule has 0 atom stereocenters. The maximum Gasteiger partial charge on any atom is 0.251 e. The van der Waals surface area contributed by atoms with E-state index in [-0.39, 0.29) is 30.6 Å². The third-order valence-corrected chi connectivity index (χ3v) is 3.25. The highest BCUT2D eigenvalue weighted by Crippen LogP contribution is 2.15. The number of ketones is 1. The van der Waals surface area contributed by atoms with Gasteiger partial charge in [-0.15, -0.1) is 0 Å². The third kappa shape index (κ3) is 4.78. The number of hydrogen-bond donors (Lipinski definition) is 2. The first kappa shape index (κ1) is 16.4. The Hall–Kier alpha value is -2.95. The zero-order valence-corrected chi connectivity index (χ0v) is 12.8. The standard InChI is InChI=1S/C18H18N2O3/c1-13(21)15-9-5-6-10-16(15)20-17(22)11-12-19-18(23)14-7-3-2-4-8-14/h2-10H,11-12H2,1H3,(H,19,23)(H,20,22). The first-order chi connectivity index (χ1) is 11.1. The number of para-hydroxylation sites is 1. The molecule has 0 aliphatic heterocycles. The second-order valence-electron chi connectivity index (χ2n) is 5.02. The van der Waals surface area contributed by atoms with Crippen LogP contribution in [0.25, 0.3) is 0 Å². The SMILES string of the molecule is CC(=O)c1ccccc1NC(=O)CCNC(=O)c1ccccc1. The Morgan fingerprint density at radius 2 is 1.57 bits per heavy atom. The molecule has 2 N–H and O–H groups in total. The van der Waals surface area contributed by atoms with E-state index in [4.69, 9.17) is 0 Å². The zero-order chi connectivity index (χ0) is 16.7. The zero-order valence-electron chi connectivity index (χ0n) is 12.8. The van der Waals surface area contributed by atoms with Gasteiger partial charge < -0.3 is 10.6 Å². The number of carbonyl (C=O) groups excluding carboxylic acids is 3. The fourth-order valence-electron chi connectivity index (χ4n) is 2.09. The van der Waals surface area contributed by atoms with Gasteiger partial charge >= 0.3 is 0 Å². The van der Waals surface area contributed by atoms with Crippen LogP contribution in [0.5, 0.6) is 0 Å². The lowest BCUT2D eigenvalue weighted by Crippen LogP contribution is -2.27. The Labute approximate surface area is 134 Å². The van der Waals surface area contributed by atoms with Gasteiger partial charge in [-0.05, 0) is 31.2 Å². The molecule has 0 saturated carbocycles. The van der Waals surface area contributed by atoms with E-state index in [1.54, 1.807) is 48.5 Å². The van der Waals surface area contributed by atoms with Gasteiger partial charge in [-0.25, -0.2) is 0 Å². The van der Waals surface area contributed by atoms with Gasteiger partial charge in [0, 0.05) is 24.1 Å². The van der Waals surface area contributed by atoms with Gasteiger partial charge in [0.15, 0.2) is 5.78 Å². The number of anilines is 1. The Bertz CT molecular complexity index is 711. The van der Waals surface area contributed by atoms with Crippen LogP contribution in [0.2, 0.25) is 0 Å². The van der Waals surface area contributed by atoms with E-state index in [1.165, 1.54) is 6.92 Å². The Kier molecular flexibility index (Phi) is 5.63. The molecule has 0 saturated heterocycles. The molecule has 0 radical (unpaired) electrons. The van der Waals surface area contributed by atoms with Crippen LogP contribution in [-0.4, -0.2) is 24.1 Å². The number of nitrogens with one attached hydrogen (secondary N) is 2. The average Bonchev–Trinajstić information content (AvgIpc) is 2.56. The maximum absolute atomic E-state index is 11.9. The van der Waals surface area contributed by atoms with Crippen LogP contribution in [0.4, 0.5) is 5.69 Å². The molecule has 0 bridgehead atoms. The molecule has 2 aromatic rings. The summed E-state index contributed by atoms with van der Waals surface area (Å²) in [5.74, 6) is -0.590. The average molecular weight is 310 g/mol. The Balaban J connectivity index is 1.84. The first-order valence-electron chi connectivity index (χ1n) is 7.31. The van der Waals surface area contributed by atoms with Crippen molar-refractivity contribution in [3.05, 3.63) is 65.7 Å². The normalized spacial score (nSPS) is 9.96. The van der Waals surface area contributed by atoms with Crippen molar-refractivity contribution in [2.75, 3.05) is 11.9 Å². The molecule has 2 aromatic carbocycles. The quantitative estimate of drug-likeness (QED) is 0.805. The lowest BCUT2D eigenvalue weighted by atomic mass is 10.1. The van der Waals surface area contributed by atoms with Gasteiger partial charge in [-0.2, -0.15) is 0 Å². The lowest BCUT2D eigenvalue weighted by Gasteiger charge is -2.09. The minimum absolute atomic E-state index is 0.113. The lowest BCUT2D eigenvalue weighted by molar-refractivity contribution is -0.116. The Morgan fingerprint density at radius 1 is 0.913 bits per heavy atom. The van der Waals surface area contributed by atoms with Crippen LogP contribution in [-0.2, 0) is 4.79 Å². The maximum atomic E-state index is 11.9. The summed E-state index contributed by atoms with van der Waals surface area (Å²) in [6, 6.07) is 15.6. The van der Waals surface area contributed by atoms with Gasteiger partial charge in [0.25, 0.3) is 5.91 Å². The molecule has 0 spiro atoms. The monoisotopic (exact) mass is 310 g/mol. The predicted molar refractivity (Wildman–Crippen MR) is 88.5 cm³/mol. The van der Waals surface area contributed by atoms with E-state index in [0.717, 1.165) is 0 Å². The predicted octanol–water partition coefficient (Wildman–Crippen LogP) is 2.65. The highest BCUT2D eigenvalue weighted by Gasteiger charge is 2.10. The molecule has 0 fully saturated rings. The molecule has 5 nitrogen and oxygen atoms in total. The van der Waals surface area contributed by atoms with E-state index < -0.39 is 0 Å². The number of hydrogen-bond acceptors (Lipinski definition) is 3. The molecule has 2 amide bonds. The van der Waals surface area contributed by atoms with Crippen LogP contribution in [0, 0.1) is 0 Å². The topological polar surface area (TPSA) is 75.3 Å². The first-order valence-corrected chi connectivity index (χ1v) is 7.31. The van der Waals surface area contributed by atoms with Crippen molar-refractivity contribution in [3.63, 3.8) is 0 Å². The fraction of sp³-hybridized carbons (Fsp3) is 0.167. The van der Waals surface area contributed by atoms with Gasteiger partial charge in [0.2, 0.25) is 5.91 Å². The summed E-state index contributed by atoms with van der Waals surface area (Å²) in [6.45, 7) is 1.67. The minimum Gasteiger partial charge on any atom is -0.352 e. The van der Waals surface area contributed by atoms with Crippen LogP contribution in [0.1, 0.15) is 34.1 Å². The summed E-state index contributed by atoms with van der Waals surface area (Å²) in [5.41, 5.74) is 1.50. The van der Waals surface area contributed by atoms with Crippen molar-refractivity contribution in [3.8, 4) is 0 Å². The van der Waals surface area contributed by atoms with E-state index in [2.05, 4.69) is 10.6 Å². The number of benzene rings is 2. The van der Waals surface area contributed by atoms with Crippen LogP contribution < -0.4 is 10.6 Å². The minimum atomic E-state index is -0.257. The smallest absolute Gasteiger partial charge is 0.251 e. The van der Waals surface area contributed by atoms with Crippen molar-refractivity contribution >= 4 is 23.3 Å². The molecule has 0 aliphatic carbocycles. The Morgan fingerprint density at radius 3 is 2.26 bits per heavy atom. The number of Topliss-reactive ketones (excluding diaryl/α,β-unsaturated/α-hetero) is 1. The highest BCUT2D eigenvalue weighted by molar-refractivity contribution is 6.03. The highest BCUT2D eigenvalue weighted by atomic mass is 16.2. The van der Waals surface area contributed by atoms with Crippen molar-refractivity contribution in [2.24, 2.45) is 0 Å². The summed E-state index contributed by atoms with van der Waals surface area (Å²) in [7, 11) is 0. The summed E-state index contributed by atoms with van der Waals surface area (Å²) < 4.78 is 0. The van der Waals surface area contributed by atoms with Gasteiger partial charge in [0.1, 0.15) is 0 Å². The van der Waals surface area contributed by atoms with Crippen molar-refractivity contribution in [1.29, 1.82) is 0 Å². The molecule has 0 unspecified atom stereocenters. The van der Waals surface area contributed by atoms with Crippen molar-refractivity contribution in [1.82, 2.24) is 5.32 Å². The molecule has 5 heteroatoms. The van der Waals surface area contributed by atoms with Gasteiger partial charge in [0.05, 0.1) is 5.69 Å². The molecule has 0 aromatic heterocycles. The molecule has 118 valence electrons. The second kappa shape index (κ2) is 7.89. The summed E-state index contributed by atoms with van der Waals surface area (Å²) in [6.07, 6.45) is 0.130. The number of rotatable bonds is 6. The summed E-state index contributed by atoms with van der Waals surface area (Å²) >= 11 is 0. The molecule has 0 heterocycles. The van der Waals surface area contributed by atoms with Crippen molar-refractivity contribution in [2.45, 2.75) is 13.3 Å². The van der Waals surface area contributed by atoms with E-state index in [1.807, 2.05) is 6.07 Å². The molecule has 23 heavy (non-hydrogen) atoms. The summed E-state index contributed by atoms with van der Waals surface area (Å²) in [5, 5.41) is 5.38. The van der Waals surface area contributed by atoms with E-state index in [9.17, 15) is 14.4 Å². The van der Waals surface area contributed by atoms with Crippen LogP contribution in [0.15, 0.2) is 54.6 Å². The largest absolute Gasteiger partial charge is 0.352 e. The molecular weight excluding hydrogens is 292 g/mol. The second-order valence-corrected chi connectivity index (χ2v) is 5.02. The molecule has 2 rings (SSSR count). The van der Waals surface area contributed by atoms with Gasteiger partial charge in [-0.3, -0.25) is 14.4 Å². The van der Waals surface area contributed by atoms with Crippen LogP contribution >= 0.6 is 0 Å². The third-order valence-electron chi connectivity index (χ3n) is 3.25. The fourth-order valence-corrected chi connectivity index (χ4v) is 2.09. The number of amides is 2. The van der Waals surface area contributed by atoms with Crippen LogP contribution in [0.3, 0.4) is 0 Å². The van der Waals surface area contributed by atoms with E-state index in [0.29, 0.717) is 16.8 Å². The van der Waals surface area contributed by atoms with Gasteiger partial charge in [-0.1, -0.05) is 30.3 Å². The van der Waals surface area contributed by atoms with Crippen molar-refractivity contribution < 1.29 is 14.4 Å². The molecular formula is C18H18N2O3. The van der Waals surface area contributed by atoms with E-state index >= 15 is 0 Å². The molecule has 0 aliphatic rings. The number of carbonyl (C=O) groups is 3. The summed E-state index contributed by atoms with van der Waals surface area (Å²) in [4.78, 5) is 35.3.